The summed E-state index contributed by atoms with van der Waals surface area (Å²) in [5.74, 6) is 0.815. The molecule has 2 aromatic rings. The van der Waals surface area contributed by atoms with E-state index in [-0.39, 0.29) is 5.41 Å². The number of benzene rings is 1. The zero-order valence-electron chi connectivity index (χ0n) is 12.2. The molecule has 0 aliphatic carbocycles. The first-order valence-electron chi connectivity index (χ1n) is 6.45. The maximum atomic E-state index is 11.2. The highest BCUT2D eigenvalue weighted by atomic mass is 16.5. The Balaban J connectivity index is 2.33. The number of carbonyl (C=O) groups is 1. The summed E-state index contributed by atoms with van der Waals surface area (Å²) in [5.41, 5.74) is 1.95. The van der Waals surface area contributed by atoms with Crippen molar-refractivity contribution in [3.8, 4) is 5.75 Å². The van der Waals surface area contributed by atoms with Crippen molar-refractivity contribution >= 4 is 17.0 Å². The Morgan fingerprint density at radius 3 is 2.75 bits per heavy atom. The fourth-order valence-electron chi connectivity index (χ4n) is 2.25. The van der Waals surface area contributed by atoms with E-state index in [4.69, 9.17) is 4.74 Å². The Morgan fingerprint density at radius 2 is 2.10 bits per heavy atom. The largest absolute Gasteiger partial charge is 0.497 e. The molecule has 0 aliphatic rings. The summed E-state index contributed by atoms with van der Waals surface area (Å²) >= 11 is 0. The number of alkyl carbamates (subject to hydrolysis) is 1. The van der Waals surface area contributed by atoms with Gasteiger partial charge in [0.25, 0.3) is 0 Å². The minimum atomic E-state index is -0.421. The lowest BCUT2D eigenvalue weighted by Crippen LogP contribution is -2.36. The molecule has 0 saturated heterocycles. The highest BCUT2D eigenvalue weighted by Gasteiger charge is 2.25. The molecule has 1 aromatic carbocycles. The van der Waals surface area contributed by atoms with E-state index >= 15 is 0 Å². The van der Waals surface area contributed by atoms with Crippen molar-refractivity contribution in [2.24, 2.45) is 0 Å². The van der Waals surface area contributed by atoms with Gasteiger partial charge < -0.3 is 19.8 Å². The molecule has 20 heavy (non-hydrogen) atoms. The summed E-state index contributed by atoms with van der Waals surface area (Å²) in [5, 5.41) is 3.85. The number of H-pyrrole nitrogens is 1. The molecule has 0 bridgehead atoms. The topological polar surface area (TPSA) is 63.3 Å². The van der Waals surface area contributed by atoms with Gasteiger partial charge in [0.15, 0.2) is 0 Å². The van der Waals surface area contributed by atoms with E-state index in [2.05, 4.69) is 28.9 Å². The SMILES string of the molecule is COC(=O)NCC(C)(C)c1c[nH]c2ccc(OC)cc12. The van der Waals surface area contributed by atoms with Gasteiger partial charge in [-0.15, -0.1) is 0 Å². The summed E-state index contributed by atoms with van der Waals surface area (Å²) in [6, 6.07) is 5.91. The van der Waals surface area contributed by atoms with Gasteiger partial charge in [-0.25, -0.2) is 4.79 Å². The highest BCUT2D eigenvalue weighted by molar-refractivity contribution is 5.85. The zero-order valence-corrected chi connectivity index (χ0v) is 12.2. The molecule has 0 aliphatic heterocycles. The van der Waals surface area contributed by atoms with Crippen molar-refractivity contribution in [3.05, 3.63) is 30.0 Å². The van der Waals surface area contributed by atoms with Crippen molar-refractivity contribution in [3.63, 3.8) is 0 Å². The molecule has 1 heterocycles. The van der Waals surface area contributed by atoms with Gasteiger partial charge in [0.1, 0.15) is 5.75 Å². The minimum absolute atomic E-state index is 0.223. The van der Waals surface area contributed by atoms with Crippen molar-refractivity contribution in [2.45, 2.75) is 19.3 Å². The summed E-state index contributed by atoms with van der Waals surface area (Å²) in [6.45, 7) is 4.64. The molecule has 0 saturated carbocycles. The molecule has 5 nitrogen and oxygen atoms in total. The second-order valence-electron chi connectivity index (χ2n) is 5.34. The van der Waals surface area contributed by atoms with Crippen LogP contribution < -0.4 is 10.1 Å². The van der Waals surface area contributed by atoms with Gasteiger partial charge in [-0.2, -0.15) is 0 Å². The number of methoxy groups -OCH3 is 2. The average Bonchev–Trinajstić information content (AvgIpc) is 2.88. The standard InChI is InChI=1S/C15H20N2O3/c1-15(2,9-17-14(18)20-4)12-8-16-13-6-5-10(19-3)7-11(12)13/h5-8,16H,9H2,1-4H3,(H,17,18). The first-order valence-corrected chi connectivity index (χ1v) is 6.45. The third-order valence-electron chi connectivity index (χ3n) is 3.48. The molecule has 1 aromatic heterocycles. The first-order chi connectivity index (χ1) is 9.47. The Morgan fingerprint density at radius 1 is 1.35 bits per heavy atom. The molecule has 2 N–H and O–H groups in total. The van der Waals surface area contributed by atoms with Crippen LogP contribution in [0.4, 0.5) is 4.79 Å². The van der Waals surface area contributed by atoms with Crippen LogP contribution in [0.2, 0.25) is 0 Å². The van der Waals surface area contributed by atoms with Crippen LogP contribution in [-0.2, 0) is 10.2 Å². The number of rotatable bonds is 4. The van der Waals surface area contributed by atoms with E-state index in [1.54, 1.807) is 7.11 Å². The fourth-order valence-corrected chi connectivity index (χ4v) is 2.25. The van der Waals surface area contributed by atoms with Crippen molar-refractivity contribution in [1.82, 2.24) is 10.3 Å². The smallest absolute Gasteiger partial charge is 0.406 e. The van der Waals surface area contributed by atoms with Gasteiger partial charge in [-0.1, -0.05) is 13.8 Å². The van der Waals surface area contributed by atoms with Crippen LogP contribution in [0, 0.1) is 0 Å². The first kappa shape index (κ1) is 14.2. The number of nitrogens with one attached hydrogen (secondary N) is 2. The lowest BCUT2D eigenvalue weighted by Gasteiger charge is -2.24. The molecule has 0 radical (unpaired) electrons. The van der Waals surface area contributed by atoms with Gasteiger partial charge in [0, 0.05) is 29.1 Å². The van der Waals surface area contributed by atoms with Crippen LogP contribution in [0.15, 0.2) is 24.4 Å². The quantitative estimate of drug-likeness (QED) is 0.902. The number of aromatic amines is 1. The van der Waals surface area contributed by atoms with Crippen LogP contribution in [0.25, 0.3) is 10.9 Å². The van der Waals surface area contributed by atoms with E-state index < -0.39 is 6.09 Å². The Labute approximate surface area is 118 Å². The van der Waals surface area contributed by atoms with Gasteiger partial charge >= 0.3 is 6.09 Å². The van der Waals surface area contributed by atoms with E-state index in [9.17, 15) is 4.79 Å². The third-order valence-corrected chi connectivity index (χ3v) is 3.48. The maximum Gasteiger partial charge on any atom is 0.406 e. The molecule has 1 amide bonds. The van der Waals surface area contributed by atoms with E-state index in [1.165, 1.54) is 7.11 Å². The molecule has 0 unspecified atom stereocenters. The van der Waals surface area contributed by atoms with Crippen LogP contribution in [0.5, 0.6) is 5.75 Å². The Hall–Kier alpha value is -2.17. The highest BCUT2D eigenvalue weighted by Crippen LogP contribution is 2.32. The zero-order chi connectivity index (χ0) is 14.8. The number of aromatic nitrogens is 1. The van der Waals surface area contributed by atoms with Crippen LogP contribution in [0.1, 0.15) is 19.4 Å². The summed E-state index contributed by atoms with van der Waals surface area (Å²) in [4.78, 5) is 14.5. The molecule has 5 heteroatoms. The van der Waals surface area contributed by atoms with Crippen LogP contribution >= 0.6 is 0 Å². The Bertz CT molecular complexity index is 617. The molecule has 108 valence electrons. The van der Waals surface area contributed by atoms with Crippen LogP contribution in [0.3, 0.4) is 0 Å². The van der Waals surface area contributed by atoms with Gasteiger partial charge in [-0.05, 0) is 23.8 Å². The van der Waals surface area contributed by atoms with E-state index in [1.807, 2.05) is 24.4 Å². The number of ether oxygens (including phenoxy) is 2. The summed E-state index contributed by atoms with van der Waals surface area (Å²) < 4.78 is 9.88. The molecule has 0 spiro atoms. The monoisotopic (exact) mass is 276 g/mol. The number of fused-ring (bicyclic) bond motifs is 1. The lowest BCUT2D eigenvalue weighted by atomic mass is 9.84. The van der Waals surface area contributed by atoms with E-state index in [0.29, 0.717) is 6.54 Å². The molecule has 0 atom stereocenters. The normalized spacial score (nSPS) is 11.4. The number of carbonyl (C=O) groups excluding carboxylic acids is 1. The summed E-state index contributed by atoms with van der Waals surface area (Å²) in [6.07, 6.45) is 1.55. The van der Waals surface area contributed by atoms with Gasteiger partial charge in [0.05, 0.1) is 14.2 Å². The van der Waals surface area contributed by atoms with Crippen LogP contribution in [-0.4, -0.2) is 31.8 Å². The Kier molecular flexibility index (Phi) is 3.88. The minimum Gasteiger partial charge on any atom is -0.497 e. The second kappa shape index (κ2) is 5.45. The predicted molar refractivity (Wildman–Crippen MR) is 78.3 cm³/mol. The predicted octanol–water partition coefficient (Wildman–Crippen LogP) is 2.81. The molecular weight excluding hydrogens is 256 g/mol. The van der Waals surface area contributed by atoms with Crippen molar-refractivity contribution < 1.29 is 14.3 Å². The molecule has 2 rings (SSSR count). The third kappa shape index (κ3) is 2.71. The molecule has 0 fully saturated rings. The second-order valence-corrected chi connectivity index (χ2v) is 5.34. The summed E-state index contributed by atoms with van der Waals surface area (Å²) in [7, 11) is 3.01. The van der Waals surface area contributed by atoms with Gasteiger partial charge in [-0.3, -0.25) is 0 Å². The van der Waals surface area contributed by atoms with Crippen molar-refractivity contribution in [2.75, 3.05) is 20.8 Å². The lowest BCUT2D eigenvalue weighted by molar-refractivity contribution is 0.168. The maximum absolute atomic E-state index is 11.2. The fraction of sp³-hybridized carbons (Fsp3) is 0.400. The van der Waals surface area contributed by atoms with E-state index in [0.717, 1.165) is 22.2 Å². The van der Waals surface area contributed by atoms with Crippen molar-refractivity contribution in [1.29, 1.82) is 0 Å². The number of hydrogen-bond acceptors (Lipinski definition) is 3. The number of hydrogen-bond donors (Lipinski definition) is 2. The average molecular weight is 276 g/mol. The number of amides is 1. The van der Waals surface area contributed by atoms with Gasteiger partial charge in [0.2, 0.25) is 0 Å². The molecular formula is C15H20N2O3.